The van der Waals surface area contributed by atoms with Gasteiger partial charge in [-0.3, -0.25) is 0 Å². The number of hydrogen-bond acceptors (Lipinski definition) is 4. The Kier molecular flexibility index (Phi) is 3.06. The molecule has 4 nitrogen and oxygen atoms in total. The largest absolute Gasteiger partial charge is 0.383 e. The van der Waals surface area contributed by atoms with Crippen LogP contribution in [0.1, 0.15) is 18.4 Å². The minimum absolute atomic E-state index is 0.190. The molecule has 1 aromatic heterocycles. The Balaban J connectivity index is 2.41. The molecule has 1 saturated carbocycles. The Morgan fingerprint density at radius 1 is 1.69 bits per heavy atom. The fourth-order valence-electron chi connectivity index (χ4n) is 1.99. The van der Waals surface area contributed by atoms with Crippen molar-refractivity contribution in [1.29, 1.82) is 0 Å². The summed E-state index contributed by atoms with van der Waals surface area (Å²) in [5, 5.41) is 11.1. The van der Waals surface area contributed by atoms with Gasteiger partial charge in [-0.1, -0.05) is 11.6 Å². The molecule has 0 aromatic carbocycles. The molecule has 1 unspecified atom stereocenters. The molecule has 3 N–H and O–H groups in total. The van der Waals surface area contributed by atoms with Crippen LogP contribution in [0.2, 0.25) is 5.02 Å². The van der Waals surface area contributed by atoms with Crippen LogP contribution in [0.5, 0.6) is 0 Å². The van der Waals surface area contributed by atoms with Crippen molar-refractivity contribution in [2.45, 2.75) is 18.4 Å². The Morgan fingerprint density at radius 3 is 2.94 bits per heavy atom. The van der Waals surface area contributed by atoms with Crippen LogP contribution in [0.4, 0.5) is 5.82 Å². The molecule has 88 valence electrons. The number of pyridine rings is 1. The molecule has 1 aliphatic rings. The molecular weight excluding hydrogens is 228 g/mol. The molecule has 0 spiro atoms. The van der Waals surface area contributed by atoms with Crippen molar-refractivity contribution in [1.82, 2.24) is 4.98 Å². The smallest absolute Gasteiger partial charge is 0.129 e. The van der Waals surface area contributed by atoms with E-state index < -0.39 is 5.60 Å². The fourth-order valence-corrected chi connectivity index (χ4v) is 2.15. The maximum atomic E-state index is 10.6. The Bertz CT molecular complexity index is 396. The molecule has 0 amide bonds. The summed E-state index contributed by atoms with van der Waals surface area (Å²) in [6, 6.07) is 1.67. The molecular formula is C11H15ClN2O2. The molecule has 1 fully saturated rings. The Hall–Kier alpha value is -0.840. The summed E-state index contributed by atoms with van der Waals surface area (Å²) in [7, 11) is 1.56. The zero-order valence-electron chi connectivity index (χ0n) is 9.11. The quantitative estimate of drug-likeness (QED) is 0.841. The second-order valence-corrected chi connectivity index (χ2v) is 4.65. The first-order valence-electron chi connectivity index (χ1n) is 5.20. The molecule has 0 bridgehead atoms. The highest BCUT2D eigenvalue weighted by Gasteiger charge is 2.46. The van der Waals surface area contributed by atoms with Crippen molar-refractivity contribution in [3.63, 3.8) is 0 Å². The van der Waals surface area contributed by atoms with E-state index in [1.54, 1.807) is 13.2 Å². The highest BCUT2D eigenvalue weighted by molar-refractivity contribution is 6.30. The molecule has 1 heterocycles. The minimum Gasteiger partial charge on any atom is -0.383 e. The molecule has 1 aromatic rings. The van der Waals surface area contributed by atoms with Crippen LogP contribution in [-0.2, 0) is 10.3 Å². The first-order chi connectivity index (χ1) is 7.58. The van der Waals surface area contributed by atoms with Gasteiger partial charge in [0.25, 0.3) is 0 Å². The van der Waals surface area contributed by atoms with Gasteiger partial charge >= 0.3 is 0 Å². The van der Waals surface area contributed by atoms with E-state index in [4.69, 9.17) is 22.1 Å². The van der Waals surface area contributed by atoms with E-state index in [1.165, 1.54) is 6.20 Å². The van der Waals surface area contributed by atoms with Crippen molar-refractivity contribution in [2.75, 3.05) is 19.5 Å². The number of rotatable bonds is 4. The zero-order chi connectivity index (χ0) is 11.8. The van der Waals surface area contributed by atoms with Crippen molar-refractivity contribution in [2.24, 2.45) is 5.92 Å². The molecule has 0 radical (unpaired) electrons. The van der Waals surface area contributed by atoms with Gasteiger partial charge in [0.15, 0.2) is 0 Å². The zero-order valence-corrected chi connectivity index (χ0v) is 9.87. The number of aliphatic hydroxyl groups is 1. The van der Waals surface area contributed by atoms with Crippen molar-refractivity contribution in [3.8, 4) is 0 Å². The van der Waals surface area contributed by atoms with E-state index in [1.807, 2.05) is 0 Å². The molecule has 0 aliphatic heterocycles. The number of nitrogens with two attached hydrogens (primary N) is 1. The number of anilines is 1. The average Bonchev–Trinajstić information content (AvgIpc) is 3.05. The minimum atomic E-state index is -1.06. The predicted molar refractivity (Wildman–Crippen MR) is 62.2 cm³/mol. The van der Waals surface area contributed by atoms with Gasteiger partial charge in [-0.15, -0.1) is 0 Å². The Labute approximate surface area is 99.4 Å². The highest BCUT2D eigenvalue weighted by atomic mass is 35.5. The third-order valence-electron chi connectivity index (χ3n) is 2.97. The van der Waals surface area contributed by atoms with Gasteiger partial charge in [0.2, 0.25) is 0 Å². The van der Waals surface area contributed by atoms with Crippen LogP contribution in [0.25, 0.3) is 0 Å². The van der Waals surface area contributed by atoms with Crippen LogP contribution < -0.4 is 5.73 Å². The molecule has 1 aliphatic carbocycles. The van der Waals surface area contributed by atoms with Crippen molar-refractivity contribution in [3.05, 3.63) is 22.8 Å². The average molecular weight is 243 g/mol. The van der Waals surface area contributed by atoms with Crippen LogP contribution in [0.15, 0.2) is 12.3 Å². The summed E-state index contributed by atoms with van der Waals surface area (Å²) in [6.07, 6.45) is 3.43. The molecule has 5 heteroatoms. The summed E-state index contributed by atoms with van der Waals surface area (Å²) < 4.78 is 5.08. The first-order valence-corrected chi connectivity index (χ1v) is 5.58. The number of methoxy groups -OCH3 is 1. The van der Waals surface area contributed by atoms with Crippen LogP contribution >= 0.6 is 11.6 Å². The molecule has 1 atom stereocenters. The summed E-state index contributed by atoms with van der Waals surface area (Å²) in [5.41, 5.74) is 5.30. The lowest BCUT2D eigenvalue weighted by Gasteiger charge is -2.28. The maximum absolute atomic E-state index is 10.6. The SMILES string of the molecule is COCC(O)(c1cc(Cl)cnc1N)C1CC1. The van der Waals surface area contributed by atoms with Crippen molar-refractivity contribution >= 4 is 17.4 Å². The Morgan fingerprint density at radius 2 is 2.38 bits per heavy atom. The number of nitrogens with zero attached hydrogens (tertiary/aromatic N) is 1. The second-order valence-electron chi connectivity index (χ2n) is 4.22. The highest BCUT2D eigenvalue weighted by Crippen LogP contribution is 2.47. The second kappa shape index (κ2) is 4.20. The van der Waals surface area contributed by atoms with Crippen LogP contribution in [0, 0.1) is 5.92 Å². The van der Waals surface area contributed by atoms with Gasteiger partial charge in [-0.2, -0.15) is 0 Å². The third kappa shape index (κ3) is 2.00. The molecule has 16 heavy (non-hydrogen) atoms. The lowest BCUT2D eigenvalue weighted by atomic mass is 9.90. The van der Waals surface area contributed by atoms with E-state index in [-0.39, 0.29) is 12.5 Å². The summed E-state index contributed by atoms with van der Waals surface area (Å²) >= 11 is 5.88. The van der Waals surface area contributed by atoms with Gasteiger partial charge in [0, 0.05) is 18.9 Å². The number of aromatic nitrogens is 1. The lowest BCUT2D eigenvalue weighted by Crippen LogP contribution is -2.34. The van der Waals surface area contributed by atoms with E-state index in [0.717, 1.165) is 12.8 Å². The van der Waals surface area contributed by atoms with E-state index >= 15 is 0 Å². The van der Waals surface area contributed by atoms with Crippen LogP contribution in [0.3, 0.4) is 0 Å². The molecule has 0 saturated heterocycles. The number of nitrogen functional groups attached to an aromatic ring is 1. The van der Waals surface area contributed by atoms with Crippen molar-refractivity contribution < 1.29 is 9.84 Å². The summed E-state index contributed by atoms with van der Waals surface area (Å²) in [6.45, 7) is 0.212. The third-order valence-corrected chi connectivity index (χ3v) is 3.18. The number of ether oxygens (including phenoxy) is 1. The van der Waals surface area contributed by atoms with E-state index in [9.17, 15) is 5.11 Å². The normalized spacial score (nSPS) is 19.4. The summed E-state index contributed by atoms with van der Waals surface area (Å²) in [5.74, 6) is 0.505. The number of halogens is 1. The lowest BCUT2D eigenvalue weighted by molar-refractivity contribution is -0.0528. The maximum Gasteiger partial charge on any atom is 0.129 e. The van der Waals surface area contributed by atoms with Crippen LogP contribution in [-0.4, -0.2) is 23.8 Å². The van der Waals surface area contributed by atoms with Gasteiger partial charge in [0.1, 0.15) is 11.4 Å². The first kappa shape index (κ1) is 11.6. The van der Waals surface area contributed by atoms with Gasteiger partial charge < -0.3 is 15.6 Å². The molecule has 2 rings (SSSR count). The van der Waals surface area contributed by atoms with Gasteiger partial charge in [0.05, 0.1) is 11.6 Å². The van der Waals surface area contributed by atoms with E-state index in [0.29, 0.717) is 16.4 Å². The number of hydrogen-bond donors (Lipinski definition) is 2. The van der Waals surface area contributed by atoms with Gasteiger partial charge in [-0.05, 0) is 24.8 Å². The fraction of sp³-hybridized carbons (Fsp3) is 0.545. The van der Waals surface area contributed by atoms with E-state index in [2.05, 4.69) is 4.98 Å². The predicted octanol–water partition coefficient (Wildman–Crippen LogP) is 1.56. The summed E-state index contributed by atoms with van der Waals surface area (Å²) in [4.78, 5) is 3.97. The topological polar surface area (TPSA) is 68.4 Å². The van der Waals surface area contributed by atoms with Gasteiger partial charge in [-0.25, -0.2) is 4.98 Å². The standard InChI is InChI=1S/C11H15ClN2O2/c1-16-6-11(15,7-2-3-7)9-4-8(12)5-14-10(9)13/h4-5,7,15H,2-3,6H2,1H3,(H2,13,14). The monoisotopic (exact) mass is 242 g/mol.